The Morgan fingerprint density at radius 1 is 0.829 bits per heavy atom. The third kappa shape index (κ3) is 4.46. The largest absolute Gasteiger partial charge is 0.489 e. The first kappa shape index (κ1) is 22.6. The van der Waals surface area contributed by atoms with E-state index in [9.17, 15) is 17.6 Å². The SMILES string of the molecule is O=C(C1=CN(c2ccc(OCc3ccccc3)cc2)c2cc(F)ccc2S1(=O)=O)c1ccccc1. The van der Waals surface area contributed by atoms with Gasteiger partial charge in [0.15, 0.2) is 0 Å². The maximum atomic E-state index is 14.2. The third-order valence-corrected chi connectivity index (χ3v) is 7.42. The Bertz CT molecular complexity index is 1520. The van der Waals surface area contributed by atoms with Crippen LogP contribution < -0.4 is 9.64 Å². The van der Waals surface area contributed by atoms with Crippen molar-refractivity contribution in [3.8, 4) is 5.75 Å². The number of sulfone groups is 1. The molecule has 1 aliphatic rings. The normalized spacial score (nSPS) is 14.1. The molecule has 5 nitrogen and oxygen atoms in total. The summed E-state index contributed by atoms with van der Waals surface area (Å²) in [5.41, 5.74) is 1.96. The lowest BCUT2D eigenvalue weighted by Gasteiger charge is -2.29. The quantitative estimate of drug-likeness (QED) is 0.246. The Labute approximate surface area is 202 Å². The van der Waals surface area contributed by atoms with Crippen molar-refractivity contribution in [1.29, 1.82) is 0 Å². The molecule has 7 heteroatoms. The van der Waals surface area contributed by atoms with Crippen molar-refractivity contribution in [1.82, 2.24) is 0 Å². The van der Waals surface area contributed by atoms with Gasteiger partial charge in [-0.15, -0.1) is 0 Å². The van der Waals surface area contributed by atoms with Crippen LogP contribution in [0.15, 0.2) is 119 Å². The molecule has 35 heavy (non-hydrogen) atoms. The van der Waals surface area contributed by atoms with Gasteiger partial charge < -0.3 is 9.64 Å². The number of rotatable bonds is 6. The van der Waals surface area contributed by atoms with E-state index in [1.54, 1.807) is 54.6 Å². The molecule has 0 N–H and O–H groups in total. The Morgan fingerprint density at radius 3 is 2.17 bits per heavy atom. The molecule has 1 heterocycles. The minimum Gasteiger partial charge on any atom is -0.489 e. The van der Waals surface area contributed by atoms with Crippen molar-refractivity contribution < 1.29 is 22.3 Å². The number of allylic oxidation sites excluding steroid dienone is 1. The number of ether oxygens (including phenoxy) is 1. The van der Waals surface area contributed by atoms with Crippen molar-refractivity contribution in [2.45, 2.75) is 11.5 Å². The second-order valence-corrected chi connectivity index (χ2v) is 9.83. The minimum absolute atomic E-state index is 0.132. The number of carbonyl (C=O) groups is 1. The standard InChI is InChI=1S/C28H20FNO4S/c29-22-11-16-26-25(17-22)30(18-27(35(26,32)33)28(31)21-9-5-2-6-10-21)23-12-14-24(15-13-23)34-19-20-7-3-1-4-8-20/h1-18H,19H2. The van der Waals surface area contributed by atoms with Crippen molar-refractivity contribution in [3.05, 3.63) is 131 Å². The molecule has 4 aromatic rings. The van der Waals surface area contributed by atoms with E-state index in [1.165, 1.54) is 17.2 Å². The molecule has 0 atom stereocenters. The molecule has 0 spiro atoms. The summed E-state index contributed by atoms with van der Waals surface area (Å²) in [5, 5.41) is 0. The summed E-state index contributed by atoms with van der Waals surface area (Å²) >= 11 is 0. The predicted molar refractivity (Wildman–Crippen MR) is 132 cm³/mol. The van der Waals surface area contributed by atoms with E-state index in [0.29, 0.717) is 18.0 Å². The molecule has 1 aliphatic heterocycles. The Balaban J connectivity index is 1.52. The Kier molecular flexibility index (Phi) is 5.93. The first-order valence-electron chi connectivity index (χ1n) is 10.9. The first-order valence-corrected chi connectivity index (χ1v) is 12.3. The zero-order valence-corrected chi connectivity index (χ0v) is 19.3. The lowest BCUT2D eigenvalue weighted by atomic mass is 10.1. The number of Topliss-reactive ketones (excluding diaryl/α,β-unsaturated/α-hetero) is 1. The van der Waals surface area contributed by atoms with Gasteiger partial charge in [-0.25, -0.2) is 12.8 Å². The zero-order valence-electron chi connectivity index (χ0n) is 18.5. The van der Waals surface area contributed by atoms with Crippen LogP contribution in [0.2, 0.25) is 0 Å². The van der Waals surface area contributed by atoms with E-state index in [1.807, 2.05) is 30.3 Å². The van der Waals surface area contributed by atoms with Gasteiger partial charge in [0, 0.05) is 17.5 Å². The predicted octanol–water partition coefficient (Wildman–Crippen LogP) is 6.05. The monoisotopic (exact) mass is 485 g/mol. The van der Waals surface area contributed by atoms with Gasteiger partial charge in [0.25, 0.3) is 0 Å². The molecule has 174 valence electrons. The average Bonchev–Trinajstić information content (AvgIpc) is 2.88. The molecule has 0 aliphatic carbocycles. The summed E-state index contributed by atoms with van der Waals surface area (Å²) in [6, 6.07) is 28.3. The lowest BCUT2D eigenvalue weighted by Crippen LogP contribution is -2.26. The van der Waals surface area contributed by atoms with Crippen molar-refractivity contribution in [3.63, 3.8) is 0 Å². The summed E-state index contributed by atoms with van der Waals surface area (Å²) in [5.74, 6) is -0.599. The lowest BCUT2D eigenvalue weighted by molar-refractivity contribution is 0.104. The van der Waals surface area contributed by atoms with Gasteiger partial charge in [0.1, 0.15) is 23.1 Å². The van der Waals surface area contributed by atoms with Crippen LogP contribution in [0, 0.1) is 5.82 Å². The van der Waals surface area contributed by atoms with Gasteiger partial charge >= 0.3 is 0 Å². The van der Waals surface area contributed by atoms with E-state index < -0.39 is 21.4 Å². The molecule has 0 saturated carbocycles. The highest BCUT2D eigenvalue weighted by Gasteiger charge is 2.36. The molecule has 0 fully saturated rings. The highest BCUT2D eigenvalue weighted by Crippen LogP contribution is 2.41. The summed E-state index contributed by atoms with van der Waals surface area (Å²) in [6.07, 6.45) is 1.26. The van der Waals surface area contributed by atoms with Crippen LogP contribution in [0.25, 0.3) is 0 Å². The van der Waals surface area contributed by atoms with Crippen LogP contribution in [0.1, 0.15) is 15.9 Å². The van der Waals surface area contributed by atoms with Gasteiger partial charge in [-0.2, -0.15) is 0 Å². The van der Waals surface area contributed by atoms with Crippen LogP contribution in [0.4, 0.5) is 15.8 Å². The minimum atomic E-state index is -4.16. The maximum absolute atomic E-state index is 14.2. The summed E-state index contributed by atoms with van der Waals surface area (Å²) in [4.78, 5) is 14.2. The van der Waals surface area contributed by atoms with Gasteiger partial charge in [0.05, 0.1) is 10.6 Å². The number of nitrogens with zero attached hydrogens (tertiary/aromatic N) is 1. The van der Waals surface area contributed by atoms with E-state index in [-0.39, 0.29) is 21.1 Å². The van der Waals surface area contributed by atoms with E-state index in [2.05, 4.69) is 0 Å². The molecule has 0 radical (unpaired) electrons. The molecule has 0 amide bonds. The number of halogens is 1. The van der Waals surface area contributed by atoms with E-state index >= 15 is 0 Å². The molecule has 0 bridgehead atoms. The smallest absolute Gasteiger partial charge is 0.214 e. The first-order chi connectivity index (χ1) is 16.9. The van der Waals surface area contributed by atoms with Crippen LogP contribution in [0.5, 0.6) is 5.75 Å². The third-order valence-electron chi connectivity index (χ3n) is 5.63. The number of benzene rings is 4. The molecule has 4 aromatic carbocycles. The topological polar surface area (TPSA) is 63.7 Å². The van der Waals surface area contributed by atoms with Crippen LogP contribution in [-0.4, -0.2) is 14.2 Å². The van der Waals surface area contributed by atoms with Gasteiger partial charge in [-0.1, -0.05) is 60.7 Å². The average molecular weight is 486 g/mol. The van der Waals surface area contributed by atoms with Gasteiger partial charge in [-0.05, 0) is 48.0 Å². The van der Waals surface area contributed by atoms with Crippen LogP contribution in [-0.2, 0) is 16.4 Å². The summed E-state index contributed by atoms with van der Waals surface area (Å²) < 4.78 is 46.6. The second kappa shape index (κ2) is 9.19. The fourth-order valence-corrected chi connectivity index (χ4v) is 5.37. The highest BCUT2D eigenvalue weighted by atomic mass is 32.2. The van der Waals surface area contributed by atoms with Crippen LogP contribution >= 0.6 is 0 Å². The maximum Gasteiger partial charge on any atom is 0.214 e. The van der Waals surface area contributed by atoms with Crippen molar-refractivity contribution in [2.24, 2.45) is 0 Å². The van der Waals surface area contributed by atoms with E-state index in [4.69, 9.17) is 4.74 Å². The number of fused-ring (bicyclic) bond motifs is 1. The number of ketones is 1. The molecular weight excluding hydrogens is 465 g/mol. The fraction of sp³-hybridized carbons (Fsp3) is 0.0357. The second-order valence-electron chi connectivity index (χ2n) is 7.94. The highest BCUT2D eigenvalue weighted by molar-refractivity contribution is 7.96. The molecular formula is C28H20FNO4S. The summed E-state index contributed by atoms with van der Waals surface area (Å²) in [7, 11) is -4.16. The molecule has 5 rings (SSSR count). The zero-order chi connectivity index (χ0) is 24.4. The number of hydrogen-bond donors (Lipinski definition) is 0. The molecule has 0 aromatic heterocycles. The van der Waals surface area contributed by atoms with E-state index in [0.717, 1.165) is 17.7 Å². The fourth-order valence-electron chi connectivity index (χ4n) is 3.85. The molecule has 0 saturated heterocycles. The number of anilines is 2. The number of hydrogen-bond acceptors (Lipinski definition) is 5. The summed E-state index contributed by atoms with van der Waals surface area (Å²) in [6.45, 7) is 0.395. The Morgan fingerprint density at radius 2 is 1.49 bits per heavy atom. The van der Waals surface area contributed by atoms with Crippen molar-refractivity contribution in [2.75, 3.05) is 4.90 Å². The molecule has 0 unspecified atom stereocenters. The Hall–Kier alpha value is -4.23. The van der Waals surface area contributed by atoms with Crippen LogP contribution in [0.3, 0.4) is 0 Å². The number of carbonyl (C=O) groups excluding carboxylic acids is 1. The van der Waals surface area contributed by atoms with Gasteiger partial charge in [0.2, 0.25) is 15.6 Å². The van der Waals surface area contributed by atoms with Gasteiger partial charge in [-0.3, -0.25) is 4.79 Å². The van der Waals surface area contributed by atoms with Crippen molar-refractivity contribution >= 4 is 27.0 Å².